The minimum atomic E-state index is 0.153. The molecule has 0 rings (SSSR count). The second-order valence-electron chi connectivity index (χ2n) is 2.37. The predicted octanol–water partition coefficient (Wildman–Crippen LogP) is 0.471. The van der Waals surface area contributed by atoms with Gasteiger partial charge in [-0.1, -0.05) is 6.08 Å². The summed E-state index contributed by atoms with van der Waals surface area (Å²) in [5, 5.41) is 13.2. The van der Waals surface area contributed by atoms with Crippen LogP contribution in [0.3, 0.4) is 0 Å². The average Bonchev–Trinajstić information content (AvgIpc) is 1.88. The molecule has 0 heterocycles. The van der Waals surface area contributed by atoms with Gasteiger partial charge in [-0.2, -0.15) is 5.06 Å². The molecule has 0 aromatic rings. The first-order valence-electron chi connectivity index (χ1n) is 3.41. The van der Waals surface area contributed by atoms with E-state index in [9.17, 15) is 0 Å². The maximum atomic E-state index is 8.89. The lowest BCUT2D eigenvalue weighted by atomic mass is 10.3. The third kappa shape index (κ3) is 4.49. The van der Waals surface area contributed by atoms with E-state index in [4.69, 9.17) is 5.21 Å². The van der Waals surface area contributed by atoms with Crippen molar-refractivity contribution in [1.29, 1.82) is 0 Å². The number of rotatable bonds is 5. The van der Waals surface area contributed by atoms with Gasteiger partial charge in [0.05, 0.1) is 0 Å². The molecule has 0 aromatic carbocycles. The molecule has 0 saturated heterocycles. The lowest BCUT2D eigenvalue weighted by Gasteiger charge is -2.17. The van der Waals surface area contributed by atoms with Crippen molar-refractivity contribution in [3.63, 3.8) is 0 Å². The van der Waals surface area contributed by atoms with Gasteiger partial charge in [-0.25, -0.2) is 0 Å². The zero-order valence-electron chi connectivity index (χ0n) is 6.67. The van der Waals surface area contributed by atoms with E-state index < -0.39 is 0 Å². The average molecular weight is 144 g/mol. The maximum Gasteiger partial charge on any atom is 0.0443 e. The van der Waals surface area contributed by atoms with Gasteiger partial charge < -0.3 is 10.5 Å². The summed E-state index contributed by atoms with van der Waals surface area (Å²) in [4.78, 5) is 0. The molecule has 2 N–H and O–H groups in total. The number of hydroxylamine groups is 2. The Balaban J connectivity index is 3.21. The van der Waals surface area contributed by atoms with Crippen molar-refractivity contribution in [2.45, 2.75) is 13.0 Å². The Morgan fingerprint density at radius 1 is 1.80 bits per heavy atom. The molecule has 0 aliphatic heterocycles. The maximum absolute atomic E-state index is 8.89. The third-order valence-electron chi connectivity index (χ3n) is 1.37. The molecule has 0 bridgehead atoms. The van der Waals surface area contributed by atoms with Crippen molar-refractivity contribution >= 4 is 0 Å². The molecule has 0 aromatic heterocycles. The quantitative estimate of drug-likeness (QED) is 0.334. The molecular formula is C7H16N2O. The summed E-state index contributed by atoms with van der Waals surface area (Å²) in [6, 6.07) is 0.153. The molecule has 0 saturated carbocycles. The van der Waals surface area contributed by atoms with Gasteiger partial charge in [0.2, 0.25) is 0 Å². The Kier molecular flexibility index (Phi) is 5.20. The molecule has 0 amide bonds. The normalized spacial score (nSPS) is 13.6. The number of likely N-dealkylation sites (N-methyl/N-ethyl adjacent to an activating group) is 1. The molecule has 1 unspecified atom stereocenters. The number of hydrogen-bond donors (Lipinski definition) is 2. The van der Waals surface area contributed by atoms with E-state index in [0.29, 0.717) is 0 Å². The molecule has 0 fully saturated rings. The van der Waals surface area contributed by atoms with E-state index in [1.165, 1.54) is 5.06 Å². The summed E-state index contributed by atoms with van der Waals surface area (Å²) in [6.07, 6.45) is 1.80. The van der Waals surface area contributed by atoms with E-state index in [1.54, 1.807) is 13.1 Å². The van der Waals surface area contributed by atoms with Crippen molar-refractivity contribution in [1.82, 2.24) is 10.4 Å². The standard InChI is InChI=1S/C7H16N2O/c1-4-5-8-6-7(2)9(3)10/h4,7-8,10H,1,5-6H2,2-3H3. The van der Waals surface area contributed by atoms with Crippen LogP contribution in [-0.4, -0.2) is 36.4 Å². The molecular weight excluding hydrogens is 128 g/mol. The molecule has 0 radical (unpaired) electrons. The van der Waals surface area contributed by atoms with E-state index in [0.717, 1.165) is 13.1 Å². The van der Waals surface area contributed by atoms with E-state index in [1.807, 2.05) is 6.92 Å². The van der Waals surface area contributed by atoms with Crippen LogP contribution in [-0.2, 0) is 0 Å². The summed E-state index contributed by atoms with van der Waals surface area (Å²) in [5.74, 6) is 0. The Hall–Kier alpha value is -0.380. The fourth-order valence-electron chi connectivity index (χ4n) is 0.526. The van der Waals surface area contributed by atoms with Crippen LogP contribution in [0.25, 0.3) is 0 Å². The van der Waals surface area contributed by atoms with Crippen molar-refractivity contribution in [3.05, 3.63) is 12.7 Å². The summed E-state index contributed by atoms with van der Waals surface area (Å²) in [5.41, 5.74) is 0. The van der Waals surface area contributed by atoms with Crippen molar-refractivity contribution in [2.75, 3.05) is 20.1 Å². The highest BCUT2D eigenvalue weighted by atomic mass is 16.5. The van der Waals surface area contributed by atoms with Gasteiger partial charge in [-0.15, -0.1) is 6.58 Å². The first-order chi connectivity index (χ1) is 4.68. The summed E-state index contributed by atoms with van der Waals surface area (Å²) < 4.78 is 0. The largest absolute Gasteiger partial charge is 0.314 e. The van der Waals surface area contributed by atoms with Crippen LogP contribution >= 0.6 is 0 Å². The van der Waals surface area contributed by atoms with Crippen LogP contribution < -0.4 is 5.32 Å². The van der Waals surface area contributed by atoms with Gasteiger partial charge in [0.1, 0.15) is 0 Å². The zero-order valence-corrected chi connectivity index (χ0v) is 6.67. The predicted molar refractivity (Wildman–Crippen MR) is 42.1 cm³/mol. The van der Waals surface area contributed by atoms with Gasteiger partial charge in [0.25, 0.3) is 0 Å². The van der Waals surface area contributed by atoms with Crippen LogP contribution in [0.5, 0.6) is 0 Å². The Bertz CT molecular complexity index is 93.6. The molecule has 0 spiro atoms. The number of nitrogens with zero attached hydrogens (tertiary/aromatic N) is 1. The lowest BCUT2D eigenvalue weighted by molar-refractivity contribution is -0.0954. The van der Waals surface area contributed by atoms with Crippen molar-refractivity contribution in [3.8, 4) is 0 Å². The van der Waals surface area contributed by atoms with Crippen LogP contribution in [0, 0.1) is 0 Å². The van der Waals surface area contributed by atoms with Gasteiger partial charge in [0, 0.05) is 26.2 Å². The lowest BCUT2D eigenvalue weighted by Crippen LogP contribution is -2.35. The highest BCUT2D eigenvalue weighted by Crippen LogP contribution is 1.86. The van der Waals surface area contributed by atoms with Gasteiger partial charge in [-0.05, 0) is 6.92 Å². The highest BCUT2D eigenvalue weighted by Gasteiger charge is 2.02. The summed E-state index contributed by atoms with van der Waals surface area (Å²) in [6.45, 7) is 7.07. The molecule has 3 heteroatoms. The molecule has 1 atom stereocenters. The highest BCUT2D eigenvalue weighted by molar-refractivity contribution is 4.71. The molecule has 0 aliphatic carbocycles. The minimum Gasteiger partial charge on any atom is -0.314 e. The second kappa shape index (κ2) is 5.41. The monoisotopic (exact) mass is 144 g/mol. The Morgan fingerprint density at radius 3 is 2.80 bits per heavy atom. The smallest absolute Gasteiger partial charge is 0.0443 e. The van der Waals surface area contributed by atoms with Gasteiger partial charge >= 0.3 is 0 Å². The van der Waals surface area contributed by atoms with E-state index in [2.05, 4.69) is 11.9 Å². The second-order valence-corrected chi connectivity index (χ2v) is 2.37. The fraction of sp³-hybridized carbons (Fsp3) is 0.714. The molecule has 10 heavy (non-hydrogen) atoms. The molecule has 3 nitrogen and oxygen atoms in total. The van der Waals surface area contributed by atoms with E-state index >= 15 is 0 Å². The van der Waals surface area contributed by atoms with Crippen molar-refractivity contribution < 1.29 is 5.21 Å². The summed E-state index contributed by atoms with van der Waals surface area (Å²) in [7, 11) is 1.64. The molecule has 60 valence electrons. The third-order valence-corrected chi connectivity index (χ3v) is 1.37. The molecule has 0 aliphatic rings. The summed E-state index contributed by atoms with van der Waals surface area (Å²) >= 11 is 0. The van der Waals surface area contributed by atoms with Crippen molar-refractivity contribution in [2.24, 2.45) is 0 Å². The number of hydrogen-bond acceptors (Lipinski definition) is 3. The minimum absolute atomic E-state index is 0.153. The topological polar surface area (TPSA) is 35.5 Å². The van der Waals surface area contributed by atoms with Crippen LogP contribution in [0.15, 0.2) is 12.7 Å². The fourth-order valence-corrected chi connectivity index (χ4v) is 0.526. The van der Waals surface area contributed by atoms with Gasteiger partial charge in [0.15, 0.2) is 0 Å². The van der Waals surface area contributed by atoms with Crippen LogP contribution in [0.4, 0.5) is 0 Å². The zero-order chi connectivity index (χ0) is 7.98. The van der Waals surface area contributed by atoms with Crippen LogP contribution in [0.1, 0.15) is 6.92 Å². The Morgan fingerprint density at radius 2 is 2.40 bits per heavy atom. The van der Waals surface area contributed by atoms with Gasteiger partial charge in [-0.3, -0.25) is 0 Å². The Labute approximate surface area is 62.3 Å². The SMILES string of the molecule is C=CCNCC(C)N(C)O. The van der Waals surface area contributed by atoms with Crippen LogP contribution in [0.2, 0.25) is 0 Å². The number of nitrogens with one attached hydrogen (secondary N) is 1. The van der Waals surface area contributed by atoms with E-state index in [-0.39, 0.29) is 6.04 Å². The first kappa shape index (κ1) is 9.62. The first-order valence-corrected chi connectivity index (χ1v) is 3.41.